The highest BCUT2D eigenvalue weighted by Crippen LogP contribution is 2.43. The summed E-state index contributed by atoms with van der Waals surface area (Å²) in [4.78, 5) is 3.30. The molecule has 0 N–H and O–H groups in total. The number of ether oxygens (including phenoxy) is 2. The van der Waals surface area contributed by atoms with Gasteiger partial charge in [-0.25, -0.2) is 4.98 Å². The van der Waals surface area contributed by atoms with Crippen molar-refractivity contribution in [2.24, 2.45) is 0 Å². The Morgan fingerprint density at radius 3 is 2.11 bits per heavy atom. The van der Waals surface area contributed by atoms with E-state index in [1.807, 2.05) is 0 Å². The number of aromatic nitrogens is 1. The van der Waals surface area contributed by atoms with Crippen LogP contribution in [0.15, 0.2) is 6.20 Å². The van der Waals surface area contributed by atoms with Crippen molar-refractivity contribution >= 4 is 22.6 Å². The number of nitrogens with zero attached hydrogens (tertiary/aromatic N) is 1. The van der Waals surface area contributed by atoms with Gasteiger partial charge in [-0.3, -0.25) is 0 Å². The van der Waals surface area contributed by atoms with Crippen LogP contribution in [0.1, 0.15) is 5.56 Å². The van der Waals surface area contributed by atoms with Gasteiger partial charge in [0.05, 0.1) is 16.9 Å². The molecule has 0 amide bonds. The van der Waals surface area contributed by atoms with E-state index in [0.29, 0.717) is 6.20 Å². The van der Waals surface area contributed by atoms with Crippen LogP contribution >= 0.6 is 22.6 Å². The summed E-state index contributed by atoms with van der Waals surface area (Å²) in [6.45, 7) is 0. The van der Waals surface area contributed by atoms with Crippen molar-refractivity contribution in [2.75, 3.05) is 7.11 Å². The summed E-state index contributed by atoms with van der Waals surface area (Å²) in [7, 11) is 1.05. The fraction of sp³-hybridized carbons (Fsp3) is 0.375. The minimum atomic E-state index is -5.24. The Balaban J connectivity index is 3.39. The summed E-state index contributed by atoms with van der Waals surface area (Å²) in [5.41, 5.74) is -1.58. The largest absolute Gasteiger partial charge is 0.573 e. The molecule has 0 aromatic carbocycles. The van der Waals surface area contributed by atoms with E-state index in [1.165, 1.54) is 22.6 Å². The first-order chi connectivity index (χ1) is 8.06. The molecule has 0 fully saturated rings. The third-order valence-corrected chi connectivity index (χ3v) is 2.66. The molecule has 102 valence electrons. The summed E-state index contributed by atoms with van der Waals surface area (Å²) < 4.78 is 81.1. The number of methoxy groups -OCH3 is 1. The Kier molecular flexibility index (Phi) is 4.18. The number of halogens is 7. The third-order valence-electron chi connectivity index (χ3n) is 1.66. The van der Waals surface area contributed by atoms with E-state index in [1.54, 1.807) is 0 Å². The molecule has 10 heteroatoms. The van der Waals surface area contributed by atoms with Crippen LogP contribution in [0.4, 0.5) is 26.3 Å². The molecule has 0 aliphatic carbocycles. The van der Waals surface area contributed by atoms with Gasteiger partial charge >= 0.3 is 12.5 Å². The molecule has 0 spiro atoms. The van der Waals surface area contributed by atoms with Crippen molar-refractivity contribution in [2.45, 2.75) is 12.5 Å². The molecule has 0 atom stereocenters. The van der Waals surface area contributed by atoms with Crippen molar-refractivity contribution in [1.82, 2.24) is 4.98 Å². The van der Waals surface area contributed by atoms with Gasteiger partial charge in [-0.1, -0.05) is 0 Å². The third kappa shape index (κ3) is 3.53. The Morgan fingerprint density at radius 2 is 1.72 bits per heavy atom. The molecule has 18 heavy (non-hydrogen) atoms. The molecule has 0 bridgehead atoms. The van der Waals surface area contributed by atoms with Crippen LogP contribution in [0, 0.1) is 3.57 Å². The quantitative estimate of drug-likeness (QED) is 0.574. The first kappa shape index (κ1) is 15.1. The Hall–Kier alpha value is -0.940. The fourth-order valence-electron chi connectivity index (χ4n) is 1.06. The molecule has 0 radical (unpaired) electrons. The van der Waals surface area contributed by atoms with Crippen LogP contribution in [0.3, 0.4) is 0 Å². The molecule has 0 saturated heterocycles. The lowest BCUT2D eigenvalue weighted by atomic mass is 10.2. The van der Waals surface area contributed by atoms with Crippen LogP contribution in [0.5, 0.6) is 11.6 Å². The van der Waals surface area contributed by atoms with E-state index in [-0.39, 0.29) is 0 Å². The van der Waals surface area contributed by atoms with Crippen molar-refractivity contribution < 1.29 is 35.8 Å². The van der Waals surface area contributed by atoms with Gasteiger partial charge < -0.3 is 9.47 Å². The zero-order chi connectivity index (χ0) is 14.1. The normalized spacial score (nSPS) is 12.4. The molecule has 0 unspecified atom stereocenters. The van der Waals surface area contributed by atoms with Crippen LogP contribution in [-0.4, -0.2) is 18.5 Å². The number of hydrogen-bond donors (Lipinski definition) is 0. The second-order valence-electron chi connectivity index (χ2n) is 2.87. The van der Waals surface area contributed by atoms with Gasteiger partial charge in [0.1, 0.15) is 5.56 Å². The second kappa shape index (κ2) is 4.97. The lowest BCUT2D eigenvalue weighted by Crippen LogP contribution is -2.21. The molecule has 1 heterocycles. The SMILES string of the molecule is COc1ncc(OC(F)(F)F)c(C(F)(F)F)c1I. The van der Waals surface area contributed by atoms with Crippen molar-refractivity contribution in [1.29, 1.82) is 0 Å². The highest BCUT2D eigenvalue weighted by atomic mass is 127. The van der Waals surface area contributed by atoms with Gasteiger partial charge in [0.15, 0.2) is 5.75 Å². The zero-order valence-electron chi connectivity index (χ0n) is 8.49. The predicted molar refractivity (Wildman–Crippen MR) is 55.2 cm³/mol. The smallest absolute Gasteiger partial charge is 0.480 e. The average Bonchev–Trinajstić information content (AvgIpc) is 2.13. The lowest BCUT2D eigenvalue weighted by Gasteiger charge is -2.17. The van der Waals surface area contributed by atoms with E-state index in [0.717, 1.165) is 7.11 Å². The van der Waals surface area contributed by atoms with Gasteiger partial charge in [-0.2, -0.15) is 13.2 Å². The minimum absolute atomic E-state index is 0.317. The predicted octanol–water partition coefficient (Wildman–Crippen LogP) is 3.61. The van der Waals surface area contributed by atoms with Gasteiger partial charge in [0.2, 0.25) is 5.88 Å². The molecule has 0 aliphatic heterocycles. The van der Waals surface area contributed by atoms with Crippen molar-refractivity contribution in [3.8, 4) is 11.6 Å². The van der Waals surface area contributed by atoms with Crippen LogP contribution < -0.4 is 9.47 Å². The average molecular weight is 387 g/mol. The number of alkyl halides is 6. The summed E-state index contributed by atoms with van der Waals surface area (Å²) in [6.07, 6.45) is -9.94. The Labute approximate surface area is 110 Å². The van der Waals surface area contributed by atoms with E-state index >= 15 is 0 Å². The molecule has 1 rings (SSSR count). The summed E-state index contributed by atoms with van der Waals surface area (Å²) in [6, 6.07) is 0. The van der Waals surface area contributed by atoms with Gasteiger partial charge in [0, 0.05) is 0 Å². The Morgan fingerprint density at radius 1 is 1.17 bits per heavy atom. The van der Waals surface area contributed by atoms with Crippen LogP contribution in [0.25, 0.3) is 0 Å². The van der Waals surface area contributed by atoms with Gasteiger partial charge in [-0.15, -0.1) is 13.2 Å². The minimum Gasteiger partial charge on any atom is -0.480 e. The molecule has 0 saturated carbocycles. The topological polar surface area (TPSA) is 31.4 Å². The lowest BCUT2D eigenvalue weighted by molar-refractivity contribution is -0.276. The summed E-state index contributed by atoms with van der Waals surface area (Å²) >= 11 is 1.19. The summed E-state index contributed by atoms with van der Waals surface area (Å²) in [5.74, 6) is -1.85. The first-order valence-corrected chi connectivity index (χ1v) is 5.19. The van der Waals surface area contributed by atoms with Crippen molar-refractivity contribution in [3.63, 3.8) is 0 Å². The maximum Gasteiger partial charge on any atom is 0.573 e. The molecule has 0 aliphatic rings. The van der Waals surface area contributed by atoms with Gasteiger partial charge in [-0.05, 0) is 22.6 Å². The van der Waals surface area contributed by atoms with E-state index in [2.05, 4.69) is 14.5 Å². The van der Waals surface area contributed by atoms with E-state index < -0.39 is 33.3 Å². The van der Waals surface area contributed by atoms with E-state index in [9.17, 15) is 26.3 Å². The zero-order valence-corrected chi connectivity index (χ0v) is 10.6. The van der Waals surface area contributed by atoms with Crippen molar-refractivity contribution in [3.05, 3.63) is 15.3 Å². The number of hydrogen-bond acceptors (Lipinski definition) is 3. The highest BCUT2D eigenvalue weighted by molar-refractivity contribution is 14.1. The molecule has 3 nitrogen and oxygen atoms in total. The summed E-state index contributed by atoms with van der Waals surface area (Å²) in [5, 5.41) is 0. The van der Waals surface area contributed by atoms with Crippen LogP contribution in [0.2, 0.25) is 0 Å². The van der Waals surface area contributed by atoms with Gasteiger partial charge in [0.25, 0.3) is 0 Å². The highest BCUT2D eigenvalue weighted by Gasteiger charge is 2.42. The van der Waals surface area contributed by atoms with E-state index in [4.69, 9.17) is 0 Å². The molecular weight excluding hydrogens is 383 g/mol. The molecule has 1 aromatic rings. The van der Waals surface area contributed by atoms with Crippen LogP contribution in [-0.2, 0) is 6.18 Å². The Bertz CT molecular complexity index is 444. The maximum absolute atomic E-state index is 12.7. The first-order valence-electron chi connectivity index (χ1n) is 4.11. The maximum atomic E-state index is 12.7. The number of rotatable bonds is 2. The standard InChI is InChI=1S/C8H4F6INO2/c1-17-6-5(15)4(7(9,10)11)3(2-16-6)18-8(12,13)14/h2H,1H3. The molecule has 1 aromatic heterocycles. The molecular formula is C8H4F6INO2. The monoisotopic (exact) mass is 387 g/mol. The second-order valence-corrected chi connectivity index (χ2v) is 3.95. The number of pyridine rings is 1. The fourth-order valence-corrected chi connectivity index (χ4v) is 1.99.